The first-order valence-corrected chi connectivity index (χ1v) is 8.29. The van der Waals surface area contributed by atoms with Crippen molar-refractivity contribution in [2.45, 2.75) is 47.0 Å². The molecule has 0 aliphatic carbocycles. The van der Waals surface area contributed by atoms with E-state index < -0.39 is 0 Å². The standard InChI is InChI=1S/C18H30N2O/c1-5-13-19-17-12-10-9-11-16(17)18(21)20(8-4)14-15(6-2)7-3/h9-12,15,19H,5-8,13-14H2,1-4H3. The van der Waals surface area contributed by atoms with Crippen molar-refractivity contribution in [3.63, 3.8) is 0 Å². The molecular weight excluding hydrogens is 260 g/mol. The van der Waals surface area contributed by atoms with Gasteiger partial charge < -0.3 is 10.2 Å². The number of nitrogens with zero attached hydrogens (tertiary/aromatic N) is 1. The lowest BCUT2D eigenvalue weighted by Crippen LogP contribution is -2.35. The summed E-state index contributed by atoms with van der Waals surface area (Å²) in [6, 6.07) is 7.84. The summed E-state index contributed by atoms with van der Waals surface area (Å²) in [7, 11) is 0. The molecule has 3 nitrogen and oxygen atoms in total. The van der Waals surface area contributed by atoms with Crippen molar-refractivity contribution in [2.24, 2.45) is 5.92 Å². The molecule has 1 aromatic carbocycles. The average molecular weight is 290 g/mol. The summed E-state index contributed by atoms with van der Waals surface area (Å²) in [5.74, 6) is 0.730. The number of para-hydroxylation sites is 1. The number of carbonyl (C=O) groups excluding carboxylic acids is 1. The maximum Gasteiger partial charge on any atom is 0.255 e. The van der Waals surface area contributed by atoms with Crippen LogP contribution in [-0.2, 0) is 0 Å². The van der Waals surface area contributed by atoms with Crippen LogP contribution in [0.5, 0.6) is 0 Å². The monoisotopic (exact) mass is 290 g/mol. The molecule has 0 heterocycles. The molecule has 0 bridgehead atoms. The summed E-state index contributed by atoms with van der Waals surface area (Å²) in [5.41, 5.74) is 1.74. The molecule has 1 aromatic rings. The van der Waals surface area contributed by atoms with Crippen LogP contribution in [0.25, 0.3) is 0 Å². The highest BCUT2D eigenvalue weighted by molar-refractivity contribution is 5.99. The summed E-state index contributed by atoms with van der Waals surface area (Å²) >= 11 is 0. The van der Waals surface area contributed by atoms with E-state index in [-0.39, 0.29) is 5.91 Å². The zero-order valence-electron chi connectivity index (χ0n) is 14.0. The zero-order valence-corrected chi connectivity index (χ0v) is 14.0. The van der Waals surface area contributed by atoms with Crippen molar-refractivity contribution in [2.75, 3.05) is 25.0 Å². The first-order chi connectivity index (χ1) is 10.2. The van der Waals surface area contributed by atoms with E-state index in [0.717, 1.165) is 50.1 Å². The summed E-state index contributed by atoms with van der Waals surface area (Å²) in [6.07, 6.45) is 3.29. The van der Waals surface area contributed by atoms with E-state index >= 15 is 0 Å². The highest BCUT2D eigenvalue weighted by Crippen LogP contribution is 2.19. The maximum absolute atomic E-state index is 12.8. The minimum Gasteiger partial charge on any atom is -0.384 e. The summed E-state index contributed by atoms with van der Waals surface area (Å²) in [6.45, 7) is 11.1. The van der Waals surface area contributed by atoms with E-state index in [0.29, 0.717) is 5.92 Å². The maximum atomic E-state index is 12.8. The van der Waals surface area contributed by atoms with Gasteiger partial charge in [0.05, 0.1) is 5.56 Å². The van der Waals surface area contributed by atoms with Crippen LogP contribution in [-0.4, -0.2) is 30.4 Å². The van der Waals surface area contributed by atoms with Crippen LogP contribution >= 0.6 is 0 Å². The number of hydrogen-bond donors (Lipinski definition) is 1. The van der Waals surface area contributed by atoms with Crippen molar-refractivity contribution in [1.82, 2.24) is 4.90 Å². The van der Waals surface area contributed by atoms with Crippen LogP contribution in [0.4, 0.5) is 5.69 Å². The Kier molecular flexibility index (Phi) is 7.88. The quantitative estimate of drug-likeness (QED) is 0.730. The van der Waals surface area contributed by atoms with Gasteiger partial charge in [0, 0.05) is 25.3 Å². The summed E-state index contributed by atoms with van der Waals surface area (Å²) in [5, 5.41) is 3.36. The topological polar surface area (TPSA) is 32.3 Å². The molecule has 3 heteroatoms. The molecule has 0 radical (unpaired) electrons. The second-order valence-electron chi connectivity index (χ2n) is 5.50. The Morgan fingerprint density at radius 3 is 2.38 bits per heavy atom. The molecule has 1 rings (SSSR count). The fourth-order valence-electron chi connectivity index (χ4n) is 2.47. The number of benzene rings is 1. The molecule has 0 saturated heterocycles. The van der Waals surface area contributed by atoms with Crippen LogP contribution in [0, 0.1) is 5.92 Å². The van der Waals surface area contributed by atoms with Crippen molar-refractivity contribution in [1.29, 1.82) is 0 Å². The minimum atomic E-state index is 0.142. The Morgan fingerprint density at radius 1 is 1.14 bits per heavy atom. The van der Waals surface area contributed by atoms with Crippen LogP contribution in [0.15, 0.2) is 24.3 Å². The SMILES string of the molecule is CCCNc1ccccc1C(=O)N(CC)CC(CC)CC. The van der Waals surface area contributed by atoms with E-state index in [1.165, 1.54) is 0 Å². The Morgan fingerprint density at radius 2 is 1.81 bits per heavy atom. The van der Waals surface area contributed by atoms with E-state index in [4.69, 9.17) is 0 Å². The Labute approximate surface area is 129 Å². The van der Waals surface area contributed by atoms with Gasteiger partial charge in [-0.1, -0.05) is 45.7 Å². The fourth-order valence-corrected chi connectivity index (χ4v) is 2.47. The van der Waals surface area contributed by atoms with Gasteiger partial charge in [0.25, 0.3) is 5.91 Å². The molecule has 0 unspecified atom stereocenters. The highest BCUT2D eigenvalue weighted by Gasteiger charge is 2.19. The lowest BCUT2D eigenvalue weighted by molar-refractivity contribution is 0.0736. The molecule has 21 heavy (non-hydrogen) atoms. The largest absolute Gasteiger partial charge is 0.384 e. The Hall–Kier alpha value is -1.51. The minimum absolute atomic E-state index is 0.142. The van der Waals surface area contributed by atoms with Crippen molar-refractivity contribution in [3.8, 4) is 0 Å². The van der Waals surface area contributed by atoms with Gasteiger partial charge in [-0.2, -0.15) is 0 Å². The molecule has 0 atom stereocenters. The zero-order chi connectivity index (χ0) is 15.7. The summed E-state index contributed by atoms with van der Waals surface area (Å²) in [4.78, 5) is 14.8. The van der Waals surface area contributed by atoms with Crippen LogP contribution < -0.4 is 5.32 Å². The number of anilines is 1. The Balaban J connectivity index is 2.89. The van der Waals surface area contributed by atoms with Gasteiger partial charge in [-0.15, -0.1) is 0 Å². The molecule has 0 aromatic heterocycles. The normalized spacial score (nSPS) is 10.7. The van der Waals surface area contributed by atoms with E-state index in [1.54, 1.807) is 0 Å². The summed E-state index contributed by atoms with van der Waals surface area (Å²) < 4.78 is 0. The number of rotatable bonds is 9. The van der Waals surface area contributed by atoms with Gasteiger partial charge >= 0.3 is 0 Å². The first-order valence-electron chi connectivity index (χ1n) is 8.29. The lowest BCUT2D eigenvalue weighted by Gasteiger charge is -2.26. The average Bonchev–Trinajstić information content (AvgIpc) is 2.54. The van der Waals surface area contributed by atoms with E-state index in [2.05, 4.69) is 33.0 Å². The third kappa shape index (κ3) is 5.07. The molecule has 0 spiro atoms. The van der Waals surface area contributed by atoms with Gasteiger partial charge in [-0.05, 0) is 31.4 Å². The first kappa shape index (κ1) is 17.5. The van der Waals surface area contributed by atoms with E-state index in [9.17, 15) is 4.79 Å². The van der Waals surface area contributed by atoms with Gasteiger partial charge in [0.15, 0.2) is 0 Å². The van der Waals surface area contributed by atoms with Crippen LogP contribution in [0.1, 0.15) is 57.3 Å². The second-order valence-corrected chi connectivity index (χ2v) is 5.50. The molecule has 0 aliphatic heterocycles. The second kappa shape index (κ2) is 9.43. The van der Waals surface area contributed by atoms with Crippen LogP contribution in [0.2, 0.25) is 0 Å². The van der Waals surface area contributed by atoms with Crippen LogP contribution in [0.3, 0.4) is 0 Å². The smallest absolute Gasteiger partial charge is 0.255 e. The number of hydrogen-bond acceptors (Lipinski definition) is 2. The predicted octanol–water partition coefficient (Wildman–Crippen LogP) is 4.41. The number of carbonyl (C=O) groups is 1. The number of nitrogens with one attached hydrogen (secondary N) is 1. The molecule has 1 amide bonds. The molecule has 118 valence electrons. The van der Waals surface area contributed by atoms with Gasteiger partial charge in [-0.25, -0.2) is 0 Å². The molecule has 0 saturated carbocycles. The highest BCUT2D eigenvalue weighted by atomic mass is 16.2. The molecular formula is C18H30N2O. The van der Waals surface area contributed by atoms with Crippen molar-refractivity contribution in [3.05, 3.63) is 29.8 Å². The fraction of sp³-hybridized carbons (Fsp3) is 0.611. The third-order valence-corrected chi connectivity index (χ3v) is 4.03. The molecule has 1 N–H and O–H groups in total. The van der Waals surface area contributed by atoms with Gasteiger partial charge in [0.1, 0.15) is 0 Å². The predicted molar refractivity (Wildman–Crippen MR) is 90.9 cm³/mol. The van der Waals surface area contributed by atoms with Crippen molar-refractivity contribution >= 4 is 11.6 Å². The molecule has 0 aliphatic rings. The van der Waals surface area contributed by atoms with Gasteiger partial charge in [0.2, 0.25) is 0 Å². The van der Waals surface area contributed by atoms with Gasteiger partial charge in [-0.3, -0.25) is 4.79 Å². The van der Waals surface area contributed by atoms with E-state index in [1.807, 2.05) is 29.2 Å². The lowest BCUT2D eigenvalue weighted by atomic mass is 10.0. The Bertz CT molecular complexity index is 427. The molecule has 0 fully saturated rings. The third-order valence-electron chi connectivity index (χ3n) is 4.03. The van der Waals surface area contributed by atoms with Crippen molar-refractivity contribution < 1.29 is 4.79 Å². The number of amides is 1.